The summed E-state index contributed by atoms with van der Waals surface area (Å²) in [5, 5.41) is 9.22. The molecule has 0 aliphatic carbocycles. The zero-order valence-corrected chi connectivity index (χ0v) is 11.6. The molecular weight excluding hydrogens is 254 g/mol. The molecule has 0 saturated carbocycles. The van der Waals surface area contributed by atoms with Crippen molar-refractivity contribution >= 4 is 23.3 Å². The molecule has 0 amide bonds. The molecular formula is C13H18ClNO3. The van der Waals surface area contributed by atoms with Gasteiger partial charge in [0.15, 0.2) is 0 Å². The molecule has 18 heavy (non-hydrogen) atoms. The number of hydrogen-bond acceptors (Lipinski definition) is 3. The van der Waals surface area contributed by atoms with Gasteiger partial charge < -0.3 is 14.7 Å². The first-order chi connectivity index (χ1) is 8.45. The minimum Gasteiger partial charge on any atom is -0.492 e. The maximum atomic E-state index is 10.6. The van der Waals surface area contributed by atoms with Gasteiger partial charge in [-0.2, -0.15) is 0 Å². The number of aliphatic carboxylic acids is 1. The molecule has 0 atom stereocenters. The lowest BCUT2D eigenvalue weighted by Crippen LogP contribution is -2.21. The number of rotatable bonds is 6. The lowest BCUT2D eigenvalue weighted by atomic mass is 10.1. The molecule has 0 fully saturated rings. The number of carbonyl (C=O) groups is 1. The fraction of sp³-hybridized carbons (Fsp3) is 0.462. The van der Waals surface area contributed by atoms with Gasteiger partial charge in [0.2, 0.25) is 0 Å². The van der Waals surface area contributed by atoms with Crippen LogP contribution in [-0.4, -0.2) is 31.3 Å². The van der Waals surface area contributed by atoms with E-state index in [0.717, 1.165) is 11.3 Å². The third-order valence-electron chi connectivity index (χ3n) is 2.62. The minimum absolute atomic E-state index is 0.0980. The van der Waals surface area contributed by atoms with Crippen LogP contribution in [0.1, 0.15) is 18.9 Å². The minimum atomic E-state index is -0.809. The van der Waals surface area contributed by atoms with Crippen LogP contribution in [0.4, 0.5) is 5.69 Å². The Bertz CT molecular complexity index is 434. The second-order valence-electron chi connectivity index (χ2n) is 4.07. The van der Waals surface area contributed by atoms with Crippen molar-refractivity contribution in [3.63, 3.8) is 0 Å². The fourth-order valence-electron chi connectivity index (χ4n) is 1.71. The molecule has 1 aromatic rings. The molecule has 0 aliphatic rings. The number of hydrogen-bond donors (Lipinski definition) is 1. The Hall–Kier alpha value is -1.42. The second kappa shape index (κ2) is 6.50. The number of benzene rings is 1. The Kier molecular flexibility index (Phi) is 5.28. The molecule has 5 heteroatoms. The molecule has 0 bridgehead atoms. The largest absolute Gasteiger partial charge is 0.492 e. The van der Waals surface area contributed by atoms with Crippen molar-refractivity contribution in [3.8, 4) is 5.75 Å². The van der Waals surface area contributed by atoms with E-state index in [1.54, 1.807) is 0 Å². The lowest BCUT2D eigenvalue weighted by molar-refractivity contribution is -0.136. The van der Waals surface area contributed by atoms with E-state index in [2.05, 4.69) is 0 Å². The average Bonchev–Trinajstić information content (AvgIpc) is 2.30. The Balaban J connectivity index is 2.89. The van der Waals surface area contributed by atoms with Crippen molar-refractivity contribution in [3.05, 3.63) is 22.7 Å². The molecule has 0 aromatic heterocycles. The number of aryl methyl sites for hydroxylation is 1. The molecule has 0 aliphatic heterocycles. The highest BCUT2D eigenvalue weighted by atomic mass is 35.5. The Labute approximate surface area is 112 Å². The van der Waals surface area contributed by atoms with Crippen LogP contribution in [0.5, 0.6) is 5.75 Å². The SMILES string of the molecule is CCOc1cc(C)c(N(C)CCC(=O)O)cc1Cl. The van der Waals surface area contributed by atoms with Crippen LogP contribution in [0.15, 0.2) is 12.1 Å². The number of ether oxygens (including phenoxy) is 1. The number of nitrogens with zero attached hydrogens (tertiary/aromatic N) is 1. The van der Waals surface area contributed by atoms with E-state index in [4.69, 9.17) is 21.4 Å². The van der Waals surface area contributed by atoms with E-state index >= 15 is 0 Å². The zero-order valence-electron chi connectivity index (χ0n) is 10.9. The molecule has 0 radical (unpaired) electrons. The smallest absolute Gasteiger partial charge is 0.305 e. The summed E-state index contributed by atoms with van der Waals surface area (Å²) in [5.41, 5.74) is 1.93. The Morgan fingerprint density at radius 1 is 1.50 bits per heavy atom. The van der Waals surface area contributed by atoms with Gasteiger partial charge >= 0.3 is 5.97 Å². The van der Waals surface area contributed by atoms with Crippen molar-refractivity contribution in [1.29, 1.82) is 0 Å². The van der Waals surface area contributed by atoms with Crippen LogP contribution < -0.4 is 9.64 Å². The van der Waals surface area contributed by atoms with Gasteiger partial charge in [0, 0.05) is 19.3 Å². The maximum absolute atomic E-state index is 10.6. The molecule has 1 aromatic carbocycles. The second-order valence-corrected chi connectivity index (χ2v) is 4.47. The van der Waals surface area contributed by atoms with Crippen molar-refractivity contribution in [1.82, 2.24) is 0 Å². The van der Waals surface area contributed by atoms with E-state index in [1.807, 2.05) is 37.9 Å². The quantitative estimate of drug-likeness (QED) is 0.864. The highest BCUT2D eigenvalue weighted by Crippen LogP contribution is 2.32. The van der Waals surface area contributed by atoms with Crippen LogP contribution in [0.2, 0.25) is 5.02 Å². The molecule has 100 valence electrons. The van der Waals surface area contributed by atoms with Gasteiger partial charge in [-0.15, -0.1) is 0 Å². The summed E-state index contributed by atoms with van der Waals surface area (Å²) in [5.74, 6) is -0.149. The van der Waals surface area contributed by atoms with Gasteiger partial charge in [0.1, 0.15) is 5.75 Å². The van der Waals surface area contributed by atoms with E-state index in [9.17, 15) is 4.79 Å². The normalized spacial score (nSPS) is 10.2. The summed E-state index contributed by atoms with van der Waals surface area (Å²) in [6.45, 7) is 4.86. The summed E-state index contributed by atoms with van der Waals surface area (Å²) < 4.78 is 5.41. The van der Waals surface area contributed by atoms with Crippen molar-refractivity contribution in [2.24, 2.45) is 0 Å². The summed E-state index contributed by atoms with van der Waals surface area (Å²) in [4.78, 5) is 12.4. The first kappa shape index (κ1) is 14.6. The number of carboxylic acid groups (broad SMARTS) is 1. The van der Waals surface area contributed by atoms with Gasteiger partial charge in [0.05, 0.1) is 18.1 Å². The lowest BCUT2D eigenvalue weighted by Gasteiger charge is -2.22. The van der Waals surface area contributed by atoms with E-state index in [1.165, 1.54) is 0 Å². The monoisotopic (exact) mass is 271 g/mol. The topological polar surface area (TPSA) is 49.8 Å². The summed E-state index contributed by atoms with van der Waals surface area (Å²) >= 11 is 6.12. The first-order valence-electron chi connectivity index (χ1n) is 5.81. The predicted molar refractivity (Wildman–Crippen MR) is 72.9 cm³/mol. The summed E-state index contributed by atoms with van der Waals surface area (Å²) in [7, 11) is 1.85. The zero-order chi connectivity index (χ0) is 13.7. The third kappa shape index (κ3) is 3.81. The highest BCUT2D eigenvalue weighted by Gasteiger charge is 2.11. The van der Waals surface area contributed by atoms with Crippen LogP contribution >= 0.6 is 11.6 Å². The fourth-order valence-corrected chi connectivity index (χ4v) is 1.92. The average molecular weight is 272 g/mol. The Morgan fingerprint density at radius 2 is 2.17 bits per heavy atom. The number of carboxylic acids is 1. The molecule has 0 saturated heterocycles. The summed E-state index contributed by atoms with van der Waals surface area (Å²) in [6.07, 6.45) is 0.0980. The van der Waals surface area contributed by atoms with Gasteiger partial charge in [-0.1, -0.05) is 11.6 Å². The maximum Gasteiger partial charge on any atom is 0.305 e. The van der Waals surface area contributed by atoms with Crippen LogP contribution in [0, 0.1) is 6.92 Å². The highest BCUT2D eigenvalue weighted by molar-refractivity contribution is 6.32. The van der Waals surface area contributed by atoms with E-state index in [0.29, 0.717) is 23.9 Å². The van der Waals surface area contributed by atoms with Crippen molar-refractivity contribution in [2.75, 3.05) is 25.1 Å². The van der Waals surface area contributed by atoms with Gasteiger partial charge in [-0.05, 0) is 31.5 Å². The summed E-state index contributed by atoms with van der Waals surface area (Å²) in [6, 6.07) is 3.68. The van der Waals surface area contributed by atoms with Crippen molar-refractivity contribution < 1.29 is 14.6 Å². The standard InChI is InChI=1S/C13H18ClNO3/c1-4-18-12-7-9(2)11(8-10(12)14)15(3)6-5-13(16)17/h7-8H,4-6H2,1-3H3,(H,16,17). The predicted octanol–water partition coefficient (Wildman–Crippen LogP) is 2.96. The van der Waals surface area contributed by atoms with Crippen LogP contribution in [-0.2, 0) is 4.79 Å². The Morgan fingerprint density at radius 3 is 2.72 bits per heavy atom. The van der Waals surface area contributed by atoms with Crippen LogP contribution in [0.25, 0.3) is 0 Å². The molecule has 0 unspecified atom stereocenters. The molecule has 4 nitrogen and oxygen atoms in total. The number of halogens is 1. The molecule has 0 spiro atoms. The van der Waals surface area contributed by atoms with Crippen LogP contribution in [0.3, 0.4) is 0 Å². The van der Waals surface area contributed by atoms with Gasteiger partial charge in [-0.3, -0.25) is 4.79 Å². The molecule has 1 N–H and O–H groups in total. The van der Waals surface area contributed by atoms with Crippen molar-refractivity contribution in [2.45, 2.75) is 20.3 Å². The van der Waals surface area contributed by atoms with E-state index in [-0.39, 0.29) is 6.42 Å². The molecule has 1 rings (SSSR count). The van der Waals surface area contributed by atoms with Gasteiger partial charge in [-0.25, -0.2) is 0 Å². The number of anilines is 1. The third-order valence-corrected chi connectivity index (χ3v) is 2.92. The van der Waals surface area contributed by atoms with E-state index < -0.39 is 5.97 Å². The van der Waals surface area contributed by atoms with Gasteiger partial charge in [0.25, 0.3) is 0 Å². The molecule has 0 heterocycles. The first-order valence-corrected chi connectivity index (χ1v) is 6.19.